The summed E-state index contributed by atoms with van der Waals surface area (Å²) in [6, 6.07) is 0.115. The lowest BCUT2D eigenvalue weighted by Gasteiger charge is -2.50. The van der Waals surface area contributed by atoms with Crippen LogP contribution in [0.15, 0.2) is 0 Å². The van der Waals surface area contributed by atoms with Crippen LogP contribution in [0.3, 0.4) is 0 Å². The molecule has 3 rings (SSSR count). The molecule has 1 aliphatic carbocycles. The van der Waals surface area contributed by atoms with Gasteiger partial charge in [0.05, 0.1) is 31.2 Å². The van der Waals surface area contributed by atoms with Crippen molar-refractivity contribution in [3.63, 3.8) is 0 Å². The molecule has 0 unspecified atom stereocenters. The first-order valence-electron chi connectivity index (χ1n) is 8.44. The fraction of sp³-hybridized carbons (Fsp3) is 1.00. The Morgan fingerprint density at radius 2 is 1.95 bits per heavy atom. The van der Waals surface area contributed by atoms with Crippen molar-refractivity contribution < 1.29 is 17.9 Å². The second-order valence-corrected chi connectivity index (χ2v) is 9.00. The normalized spacial score (nSPS) is 34.7. The molecule has 0 amide bonds. The number of hydrogen-bond donors (Lipinski definition) is 1. The standard InChI is InChI=1S/C15H28N2O4S/c1-2-22(18,19)16-14-3-5-17(6-4-14)11-13-9-15(10-13)12-20-7-8-21-15/h13-14,16H,2-12H2,1H3. The van der Waals surface area contributed by atoms with E-state index >= 15 is 0 Å². The molecule has 6 nitrogen and oxygen atoms in total. The molecule has 2 saturated heterocycles. The predicted molar refractivity (Wildman–Crippen MR) is 84.3 cm³/mol. The van der Waals surface area contributed by atoms with Crippen LogP contribution in [0.1, 0.15) is 32.6 Å². The summed E-state index contributed by atoms with van der Waals surface area (Å²) in [6.45, 7) is 6.97. The van der Waals surface area contributed by atoms with Crippen molar-refractivity contribution in [3.8, 4) is 0 Å². The molecule has 128 valence electrons. The molecule has 2 heterocycles. The fourth-order valence-corrected chi connectivity index (χ4v) is 4.82. The van der Waals surface area contributed by atoms with Crippen LogP contribution < -0.4 is 4.72 Å². The van der Waals surface area contributed by atoms with E-state index in [0.29, 0.717) is 5.92 Å². The van der Waals surface area contributed by atoms with Gasteiger partial charge in [0.1, 0.15) is 0 Å². The Hall–Kier alpha value is -0.210. The highest BCUT2D eigenvalue weighted by Gasteiger charge is 2.47. The number of nitrogens with one attached hydrogen (secondary N) is 1. The van der Waals surface area contributed by atoms with Crippen molar-refractivity contribution in [2.45, 2.75) is 44.2 Å². The maximum absolute atomic E-state index is 11.6. The van der Waals surface area contributed by atoms with Gasteiger partial charge in [0.15, 0.2) is 0 Å². The highest BCUT2D eigenvalue weighted by atomic mass is 32.2. The molecular formula is C15H28N2O4S. The zero-order valence-corrected chi connectivity index (χ0v) is 14.2. The van der Waals surface area contributed by atoms with Crippen LogP contribution in [0, 0.1) is 5.92 Å². The van der Waals surface area contributed by atoms with Crippen molar-refractivity contribution in [1.29, 1.82) is 0 Å². The minimum atomic E-state index is -3.07. The maximum Gasteiger partial charge on any atom is 0.211 e. The Bertz CT molecular complexity index is 460. The van der Waals surface area contributed by atoms with Crippen LogP contribution in [0.2, 0.25) is 0 Å². The third-order valence-electron chi connectivity index (χ3n) is 5.15. The SMILES string of the molecule is CCS(=O)(=O)NC1CCN(CC2CC3(COCCO3)C2)CC1. The third kappa shape index (κ3) is 4.00. The lowest BCUT2D eigenvalue weighted by molar-refractivity contribution is -0.211. The van der Waals surface area contributed by atoms with Crippen LogP contribution >= 0.6 is 0 Å². The number of hydrogen-bond acceptors (Lipinski definition) is 5. The number of likely N-dealkylation sites (tertiary alicyclic amines) is 1. The average Bonchev–Trinajstić information content (AvgIpc) is 2.48. The summed E-state index contributed by atoms with van der Waals surface area (Å²) in [7, 11) is -3.07. The molecule has 0 aromatic carbocycles. The van der Waals surface area contributed by atoms with E-state index in [4.69, 9.17) is 9.47 Å². The van der Waals surface area contributed by atoms with Crippen molar-refractivity contribution in [2.24, 2.45) is 5.92 Å². The number of piperidine rings is 1. The van der Waals surface area contributed by atoms with E-state index < -0.39 is 10.0 Å². The summed E-state index contributed by atoms with van der Waals surface area (Å²) in [4.78, 5) is 2.47. The van der Waals surface area contributed by atoms with Gasteiger partial charge in [0.25, 0.3) is 0 Å². The summed E-state index contributed by atoms with van der Waals surface area (Å²) in [5, 5.41) is 0. The summed E-state index contributed by atoms with van der Waals surface area (Å²) >= 11 is 0. The lowest BCUT2D eigenvalue weighted by atomic mass is 9.70. The summed E-state index contributed by atoms with van der Waals surface area (Å²) in [5.74, 6) is 0.866. The molecule has 1 saturated carbocycles. The van der Waals surface area contributed by atoms with Gasteiger partial charge < -0.3 is 14.4 Å². The van der Waals surface area contributed by atoms with E-state index in [1.807, 2.05) is 0 Å². The number of rotatable bonds is 5. The number of nitrogens with zero attached hydrogens (tertiary/aromatic N) is 1. The van der Waals surface area contributed by atoms with E-state index in [0.717, 1.165) is 65.1 Å². The molecule has 7 heteroatoms. The van der Waals surface area contributed by atoms with Gasteiger partial charge in [-0.1, -0.05) is 0 Å². The van der Waals surface area contributed by atoms with Crippen molar-refractivity contribution in [3.05, 3.63) is 0 Å². The predicted octanol–water partition coefficient (Wildman–Crippen LogP) is 0.586. The van der Waals surface area contributed by atoms with Gasteiger partial charge in [-0.15, -0.1) is 0 Å². The van der Waals surface area contributed by atoms with Gasteiger partial charge in [-0.3, -0.25) is 0 Å². The van der Waals surface area contributed by atoms with Gasteiger partial charge in [-0.05, 0) is 51.6 Å². The van der Waals surface area contributed by atoms with Crippen molar-refractivity contribution in [2.75, 3.05) is 45.2 Å². The van der Waals surface area contributed by atoms with Crippen molar-refractivity contribution >= 4 is 10.0 Å². The van der Waals surface area contributed by atoms with E-state index in [2.05, 4.69) is 9.62 Å². The molecule has 0 aromatic heterocycles. The summed E-state index contributed by atoms with van der Waals surface area (Å²) < 4.78 is 37.4. The minimum Gasteiger partial charge on any atom is -0.376 e. The van der Waals surface area contributed by atoms with Gasteiger partial charge in [-0.2, -0.15) is 0 Å². The molecule has 1 N–H and O–H groups in total. The second kappa shape index (κ2) is 6.73. The molecular weight excluding hydrogens is 304 g/mol. The molecule has 0 atom stereocenters. The minimum absolute atomic E-state index is 0.0119. The lowest BCUT2D eigenvalue weighted by Crippen LogP contribution is -2.56. The van der Waals surface area contributed by atoms with E-state index in [1.165, 1.54) is 0 Å². The highest BCUT2D eigenvalue weighted by Crippen LogP contribution is 2.43. The Labute approximate surface area is 133 Å². The fourth-order valence-electron chi connectivity index (χ4n) is 3.91. The zero-order valence-electron chi connectivity index (χ0n) is 13.4. The Morgan fingerprint density at radius 3 is 2.55 bits per heavy atom. The average molecular weight is 332 g/mol. The second-order valence-electron chi connectivity index (χ2n) is 6.95. The van der Waals surface area contributed by atoms with Crippen molar-refractivity contribution in [1.82, 2.24) is 9.62 Å². The zero-order chi connectivity index (χ0) is 15.6. The largest absolute Gasteiger partial charge is 0.376 e. The first-order chi connectivity index (χ1) is 10.5. The smallest absolute Gasteiger partial charge is 0.211 e. The molecule has 3 aliphatic rings. The van der Waals surface area contributed by atoms with Gasteiger partial charge in [0, 0.05) is 12.6 Å². The Morgan fingerprint density at radius 1 is 1.23 bits per heavy atom. The van der Waals surface area contributed by atoms with E-state index in [9.17, 15) is 8.42 Å². The van der Waals surface area contributed by atoms with Gasteiger partial charge in [0.2, 0.25) is 10.0 Å². The Balaban J connectivity index is 1.36. The van der Waals surface area contributed by atoms with Crippen LogP contribution in [0.4, 0.5) is 0 Å². The molecule has 3 fully saturated rings. The molecule has 0 bridgehead atoms. The third-order valence-corrected chi connectivity index (χ3v) is 6.61. The maximum atomic E-state index is 11.6. The molecule has 1 spiro atoms. The molecule has 0 radical (unpaired) electrons. The summed E-state index contributed by atoms with van der Waals surface area (Å²) in [6.07, 6.45) is 4.04. The Kier molecular flexibility index (Phi) is 5.09. The quantitative estimate of drug-likeness (QED) is 0.798. The molecule has 22 heavy (non-hydrogen) atoms. The first-order valence-corrected chi connectivity index (χ1v) is 10.1. The van der Waals surface area contributed by atoms with Crippen LogP contribution in [-0.4, -0.2) is 70.2 Å². The van der Waals surface area contributed by atoms with E-state index in [-0.39, 0.29) is 17.4 Å². The topological polar surface area (TPSA) is 67.9 Å². The van der Waals surface area contributed by atoms with Gasteiger partial charge >= 0.3 is 0 Å². The molecule has 2 aliphatic heterocycles. The monoisotopic (exact) mass is 332 g/mol. The number of ether oxygens (including phenoxy) is 2. The number of sulfonamides is 1. The highest BCUT2D eigenvalue weighted by molar-refractivity contribution is 7.89. The van der Waals surface area contributed by atoms with Gasteiger partial charge in [-0.25, -0.2) is 13.1 Å². The van der Waals surface area contributed by atoms with Crippen LogP contribution in [0.5, 0.6) is 0 Å². The van der Waals surface area contributed by atoms with Crippen LogP contribution in [0.25, 0.3) is 0 Å². The first kappa shape index (κ1) is 16.6. The van der Waals surface area contributed by atoms with E-state index in [1.54, 1.807) is 6.92 Å². The van der Waals surface area contributed by atoms with Crippen LogP contribution in [-0.2, 0) is 19.5 Å². The summed E-state index contributed by atoms with van der Waals surface area (Å²) in [5.41, 5.74) is 0.0119. The molecule has 0 aromatic rings.